The molecule has 4 rings (SSSR count). The Morgan fingerprint density at radius 2 is 1.20 bits per heavy atom. The van der Waals surface area contributed by atoms with Crippen LogP contribution in [0.2, 0.25) is 0 Å². The SMILES string of the molecule is CCCCC1CCC(C2CCC(CCc3cc(F)c(-c4cc(F)c(C#CC(F)(F)F)c(F)c4)c(F)c3)CC2)CC1. The van der Waals surface area contributed by atoms with Crippen molar-refractivity contribution in [3.8, 4) is 23.0 Å². The van der Waals surface area contributed by atoms with E-state index in [0.29, 0.717) is 30.0 Å². The van der Waals surface area contributed by atoms with Crippen LogP contribution in [0.1, 0.15) is 95.1 Å². The van der Waals surface area contributed by atoms with E-state index in [4.69, 9.17) is 0 Å². The molecule has 2 aromatic rings. The number of rotatable bonds is 8. The van der Waals surface area contributed by atoms with Gasteiger partial charge in [0.15, 0.2) is 0 Å². The predicted molar refractivity (Wildman–Crippen MR) is 143 cm³/mol. The molecule has 0 spiro atoms. The smallest absolute Gasteiger partial charge is 0.206 e. The summed E-state index contributed by atoms with van der Waals surface area (Å²) in [5.74, 6) is 0.477. The van der Waals surface area contributed by atoms with Crippen LogP contribution in [0.4, 0.5) is 30.7 Å². The summed E-state index contributed by atoms with van der Waals surface area (Å²) in [5.41, 5.74) is -1.69. The highest BCUT2D eigenvalue weighted by molar-refractivity contribution is 5.67. The number of hydrogen-bond donors (Lipinski definition) is 0. The van der Waals surface area contributed by atoms with Gasteiger partial charge in [0, 0.05) is 5.92 Å². The highest BCUT2D eigenvalue weighted by atomic mass is 19.4. The lowest BCUT2D eigenvalue weighted by Gasteiger charge is -2.38. The third kappa shape index (κ3) is 8.04. The molecule has 0 aromatic heterocycles. The van der Waals surface area contributed by atoms with Crippen molar-refractivity contribution in [2.24, 2.45) is 23.7 Å². The Labute approximate surface area is 232 Å². The fraction of sp³-hybridized carbons (Fsp3) is 0.576. The highest BCUT2D eigenvalue weighted by Crippen LogP contribution is 2.43. The monoisotopic (exact) mass is 566 g/mol. The number of unbranched alkanes of at least 4 members (excludes halogenated alkanes) is 1. The van der Waals surface area contributed by atoms with Crippen molar-refractivity contribution >= 4 is 0 Å². The van der Waals surface area contributed by atoms with Crippen molar-refractivity contribution in [3.63, 3.8) is 0 Å². The van der Waals surface area contributed by atoms with Gasteiger partial charge in [-0.3, -0.25) is 0 Å². The maximum absolute atomic E-state index is 14.9. The second-order valence-corrected chi connectivity index (χ2v) is 11.7. The molecule has 0 nitrogen and oxygen atoms in total. The second kappa shape index (κ2) is 13.4. The average molecular weight is 567 g/mol. The number of halogens is 7. The molecule has 218 valence electrons. The van der Waals surface area contributed by atoms with E-state index in [1.54, 1.807) is 0 Å². The van der Waals surface area contributed by atoms with Crippen LogP contribution < -0.4 is 0 Å². The number of aryl methyl sites for hydroxylation is 1. The zero-order chi connectivity index (χ0) is 28.9. The van der Waals surface area contributed by atoms with E-state index in [9.17, 15) is 30.7 Å². The average Bonchev–Trinajstić information content (AvgIpc) is 2.90. The molecule has 2 aromatic carbocycles. The van der Waals surface area contributed by atoms with Crippen LogP contribution in [-0.4, -0.2) is 6.18 Å². The van der Waals surface area contributed by atoms with Crippen LogP contribution in [0, 0.1) is 58.8 Å². The van der Waals surface area contributed by atoms with Gasteiger partial charge in [0.2, 0.25) is 0 Å². The highest BCUT2D eigenvalue weighted by Gasteiger charge is 2.31. The van der Waals surface area contributed by atoms with Gasteiger partial charge in [0.25, 0.3) is 0 Å². The third-order valence-electron chi connectivity index (χ3n) is 9.02. The van der Waals surface area contributed by atoms with E-state index in [0.717, 1.165) is 42.9 Å². The number of alkyl halides is 3. The fourth-order valence-corrected chi connectivity index (χ4v) is 6.78. The van der Waals surface area contributed by atoms with Gasteiger partial charge in [-0.2, -0.15) is 13.2 Å². The molecule has 0 saturated heterocycles. The lowest BCUT2D eigenvalue weighted by atomic mass is 9.68. The molecular formula is C33H37F7. The van der Waals surface area contributed by atoms with Gasteiger partial charge >= 0.3 is 6.18 Å². The molecule has 0 amide bonds. The van der Waals surface area contributed by atoms with E-state index in [-0.39, 0.29) is 0 Å². The number of benzene rings is 2. The van der Waals surface area contributed by atoms with E-state index < -0.39 is 46.1 Å². The van der Waals surface area contributed by atoms with Crippen LogP contribution >= 0.6 is 0 Å². The minimum absolute atomic E-state index is 0.438. The van der Waals surface area contributed by atoms with Gasteiger partial charge in [0.1, 0.15) is 23.3 Å². The first-order chi connectivity index (χ1) is 19.0. The van der Waals surface area contributed by atoms with Gasteiger partial charge in [-0.1, -0.05) is 57.8 Å². The molecule has 0 atom stereocenters. The van der Waals surface area contributed by atoms with Crippen LogP contribution in [0.5, 0.6) is 0 Å². The third-order valence-corrected chi connectivity index (χ3v) is 9.02. The Morgan fingerprint density at radius 1 is 0.700 bits per heavy atom. The van der Waals surface area contributed by atoms with Crippen molar-refractivity contribution in [2.75, 3.05) is 0 Å². The Kier molecular flexibility index (Phi) is 10.2. The van der Waals surface area contributed by atoms with Gasteiger partial charge < -0.3 is 0 Å². The predicted octanol–water partition coefficient (Wildman–Crippen LogP) is 10.6. The molecule has 0 bridgehead atoms. The fourth-order valence-electron chi connectivity index (χ4n) is 6.78. The van der Waals surface area contributed by atoms with E-state index >= 15 is 0 Å². The van der Waals surface area contributed by atoms with Crippen molar-refractivity contribution < 1.29 is 30.7 Å². The van der Waals surface area contributed by atoms with Gasteiger partial charge in [0.05, 0.1) is 11.1 Å². The van der Waals surface area contributed by atoms with E-state index in [1.807, 2.05) is 0 Å². The summed E-state index contributed by atoms with van der Waals surface area (Å²) in [7, 11) is 0. The molecule has 0 aliphatic heterocycles. The van der Waals surface area contributed by atoms with Crippen molar-refractivity contribution in [1.29, 1.82) is 0 Å². The zero-order valence-electron chi connectivity index (χ0n) is 23.0. The van der Waals surface area contributed by atoms with Crippen molar-refractivity contribution in [1.82, 2.24) is 0 Å². The maximum Gasteiger partial charge on any atom is 0.458 e. The molecule has 7 heteroatoms. The summed E-state index contributed by atoms with van der Waals surface area (Å²) in [5, 5.41) is 0. The Morgan fingerprint density at radius 3 is 1.68 bits per heavy atom. The Balaban J connectivity index is 1.32. The molecule has 2 aliphatic rings. The maximum atomic E-state index is 14.9. The molecule has 2 fully saturated rings. The van der Waals surface area contributed by atoms with Gasteiger partial charge in [-0.25, -0.2) is 17.6 Å². The zero-order valence-corrected chi connectivity index (χ0v) is 23.0. The molecule has 0 unspecified atom stereocenters. The normalized spacial score (nSPS) is 23.5. The Hall–Kier alpha value is -2.49. The molecule has 0 N–H and O–H groups in total. The topological polar surface area (TPSA) is 0 Å². The first-order valence-corrected chi connectivity index (χ1v) is 14.6. The van der Waals surface area contributed by atoms with Crippen LogP contribution in [0.3, 0.4) is 0 Å². The van der Waals surface area contributed by atoms with E-state index in [1.165, 1.54) is 75.8 Å². The molecule has 40 heavy (non-hydrogen) atoms. The van der Waals surface area contributed by atoms with Crippen molar-refractivity contribution in [3.05, 3.63) is 58.7 Å². The summed E-state index contributed by atoms with van der Waals surface area (Å²) < 4.78 is 95.3. The molecular weight excluding hydrogens is 529 g/mol. The number of hydrogen-bond acceptors (Lipinski definition) is 0. The summed E-state index contributed by atoms with van der Waals surface area (Å²) in [4.78, 5) is 0. The summed E-state index contributed by atoms with van der Waals surface area (Å²) >= 11 is 0. The Bertz CT molecular complexity index is 1160. The summed E-state index contributed by atoms with van der Waals surface area (Å²) in [6, 6.07) is 3.55. The van der Waals surface area contributed by atoms with Crippen LogP contribution in [-0.2, 0) is 6.42 Å². The van der Waals surface area contributed by atoms with Crippen molar-refractivity contribution in [2.45, 2.75) is 96.6 Å². The molecule has 2 saturated carbocycles. The van der Waals surface area contributed by atoms with E-state index in [2.05, 4.69) is 6.92 Å². The molecule has 2 aliphatic carbocycles. The first kappa shape index (κ1) is 30.5. The summed E-state index contributed by atoms with van der Waals surface area (Å²) in [6.45, 7) is 2.25. The molecule has 0 radical (unpaired) electrons. The van der Waals surface area contributed by atoms with Crippen LogP contribution in [0.15, 0.2) is 24.3 Å². The minimum Gasteiger partial charge on any atom is -0.206 e. The lowest BCUT2D eigenvalue weighted by molar-refractivity contribution is -0.0696. The van der Waals surface area contributed by atoms with Gasteiger partial charge in [-0.15, -0.1) is 0 Å². The quantitative estimate of drug-likeness (QED) is 0.220. The standard InChI is InChI=1S/C33H37F7/c1-2-3-4-21-7-11-24(12-8-21)25-13-9-22(10-14-25)5-6-23-17-30(36)32(31(37)18-23)26-19-28(34)27(29(35)20-26)15-16-33(38,39)40/h17-22,24-25H,2-14H2,1H3. The van der Waals surface area contributed by atoms with Crippen LogP contribution in [0.25, 0.3) is 11.1 Å². The second-order valence-electron chi connectivity index (χ2n) is 11.7. The largest absolute Gasteiger partial charge is 0.458 e. The lowest BCUT2D eigenvalue weighted by Crippen LogP contribution is -2.26. The van der Waals surface area contributed by atoms with Gasteiger partial charge in [-0.05, 0) is 97.6 Å². The molecule has 0 heterocycles. The minimum atomic E-state index is -4.93. The summed E-state index contributed by atoms with van der Waals surface area (Å²) in [6.07, 6.45) is 10.5. The first-order valence-electron chi connectivity index (χ1n) is 14.6.